The Hall–Kier alpha value is -2.29. The van der Waals surface area contributed by atoms with Crippen LogP contribution in [-0.4, -0.2) is 23.2 Å². The van der Waals surface area contributed by atoms with Gasteiger partial charge in [0.2, 0.25) is 0 Å². The van der Waals surface area contributed by atoms with Crippen LogP contribution in [0.3, 0.4) is 0 Å². The van der Waals surface area contributed by atoms with E-state index in [1.54, 1.807) is 24.3 Å². The lowest BCUT2D eigenvalue weighted by Gasteiger charge is -2.11. The van der Waals surface area contributed by atoms with Crippen molar-refractivity contribution >= 4 is 56.4 Å². The molecule has 1 unspecified atom stereocenters. The highest BCUT2D eigenvalue weighted by Gasteiger charge is 2.25. The third kappa shape index (κ3) is 4.83. The summed E-state index contributed by atoms with van der Waals surface area (Å²) in [4.78, 5) is 24.4. The molecule has 1 atom stereocenters. The first-order valence-electron chi connectivity index (χ1n) is 8.26. The highest BCUT2D eigenvalue weighted by molar-refractivity contribution is 9.10. The van der Waals surface area contributed by atoms with Crippen LogP contribution in [0.15, 0.2) is 52.3 Å². The molecule has 0 aliphatic heterocycles. The second-order valence-corrected chi connectivity index (χ2v) is 8.23. The number of halogens is 4. The van der Waals surface area contributed by atoms with Crippen LogP contribution in [0.2, 0.25) is 5.02 Å². The van der Waals surface area contributed by atoms with Gasteiger partial charge in [0, 0.05) is 26.9 Å². The zero-order valence-electron chi connectivity index (χ0n) is 14.6. The number of carbonyl (C=O) groups is 2. The molecule has 29 heavy (non-hydrogen) atoms. The molecule has 0 saturated heterocycles. The molecule has 1 aromatic heterocycles. The number of benzene rings is 2. The van der Waals surface area contributed by atoms with Gasteiger partial charge in [-0.3, -0.25) is 4.79 Å². The minimum atomic E-state index is -2.11. The van der Waals surface area contributed by atoms with E-state index in [9.17, 15) is 23.5 Å². The van der Waals surface area contributed by atoms with Crippen LogP contribution < -0.4 is 5.32 Å². The maximum Gasteiger partial charge on any atom is 0.339 e. The van der Waals surface area contributed by atoms with E-state index in [0.717, 1.165) is 21.9 Å². The molecule has 4 nitrogen and oxygen atoms in total. The highest BCUT2D eigenvalue weighted by Crippen LogP contribution is 2.36. The molecule has 3 rings (SSSR count). The molecular formula is C20H13BrClF2NO3S. The smallest absolute Gasteiger partial charge is 0.339 e. The van der Waals surface area contributed by atoms with Crippen LogP contribution in [0.5, 0.6) is 0 Å². The minimum absolute atomic E-state index is 0.0136. The van der Waals surface area contributed by atoms with Crippen molar-refractivity contribution in [1.29, 1.82) is 0 Å². The summed E-state index contributed by atoms with van der Waals surface area (Å²) in [6.07, 6.45) is -2.68. The second-order valence-electron chi connectivity index (χ2n) is 6.03. The van der Waals surface area contributed by atoms with E-state index >= 15 is 0 Å². The standard InChI is InChI=1S/C20H13BrClF2NO3S/c21-11-6-4-10(5-7-11)18-17(20(27)28)16(9-29-18)25-19(26)15(24)8-12-13(22)2-1-3-14(12)23/h1-7,9,15H,8H2,(H,25,26)(H,27,28). The summed E-state index contributed by atoms with van der Waals surface area (Å²) in [5.74, 6) is -3.05. The van der Waals surface area contributed by atoms with Gasteiger partial charge in [0.05, 0.1) is 10.6 Å². The van der Waals surface area contributed by atoms with E-state index < -0.39 is 30.3 Å². The van der Waals surface area contributed by atoms with Crippen LogP contribution >= 0.6 is 38.9 Å². The average Bonchev–Trinajstić information content (AvgIpc) is 3.09. The Labute approximate surface area is 182 Å². The van der Waals surface area contributed by atoms with E-state index in [1.165, 1.54) is 17.5 Å². The van der Waals surface area contributed by atoms with Crippen LogP contribution in [0, 0.1) is 5.82 Å². The first-order chi connectivity index (χ1) is 13.8. The van der Waals surface area contributed by atoms with Crippen molar-refractivity contribution in [2.24, 2.45) is 0 Å². The van der Waals surface area contributed by atoms with E-state index in [2.05, 4.69) is 21.2 Å². The third-order valence-electron chi connectivity index (χ3n) is 4.10. The number of hydrogen-bond acceptors (Lipinski definition) is 3. The van der Waals surface area contributed by atoms with Crippen LogP contribution in [-0.2, 0) is 11.2 Å². The number of rotatable bonds is 6. The molecule has 150 valence electrons. The zero-order valence-corrected chi connectivity index (χ0v) is 17.7. The fraction of sp³-hybridized carbons (Fsp3) is 0.100. The Balaban J connectivity index is 1.83. The van der Waals surface area contributed by atoms with Gasteiger partial charge >= 0.3 is 5.97 Å². The third-order valence-corrected chi connectivity index (χ3v) is 6.01. The lowest BCUT2D eigenvalue weighted by Crippen LogP contribution is -2.27. The van der Waals surface area contributed by atoms with Gasteiger partial charge < -0.3 is 10.4 Å². The lowest BCUT2D eigenvalue weighted by atomic mass is 10.1. The molecule has 3 aromatic rings. The van der Waals surface area contributed by atoms with Gasteiger partial charge in [-0.1, -0.05) is 45.7 Å². The maximum atomic E-state index is 14.4. The number of hydrogen-bond donors (Lipinski definition) is 2. The molecule has 0 fully saturated rings. The van der Waals surface area contributed by atoms with E-state index in [-0.39, 0.29) is 21.8 Å². The average molecular weight is 501 g/mol. The molecular weight excluding hydrogens is 488 g/mol. The first-order valence-corrected chi connectivity index (χ1v) is 10.3. The number of thiophene rings is 1. The summed E-state index contributed by atoms with van der Waals surface area (Å²) in [6.45, 7) is 0. The summed E-state index contributed by atoms with van der Waals surface area (Å²) < 4.78 is 29.1. The molecule has 0 spiro atoms. The monoisotopic (exact) mass is 499 g/mol. The van der Waals surface area contributed by atoms with Gasteiger partial charge in [-0.25, -0.2) is 13.6 Å². The number of amides is 1. The Kier molecular flexibility index (Phi) is 6.66. The molecule has 0 bridgehead atoms. The Morgan fingerprint density at radius 3 is 2.52 bits per heavy atom. The maximum absolute atomic E-state index is 14.4. The van der Waals surface area contributed by atoms with Crippen molar-refractivity contribution in [2.75, 3.05) is 5.32 Å². The fourth-order valence-electron chi connectivity index (χ4n) is 2.69. The Bertz CT molecular complexity index is 1050. The molecule has 0 aliphatic rings. The number of anilines is 1. The van der Waals surface area contributed by atoms with Crippen molar-refractivity contribution < 1.29 is 23.5 Å². The predicted molar refractivity (Wildman–Crippen MR) is 113 cm³/mol. The van der Waals surface area contributed by atoms with E-state index in [1.807, 2.05) is 0 Å². The van der Waals surface area contributed by atoms with Gasteiger partial charge in [-0.2, -0.15) is 0 Å². The van der Waals surface area contributed by atoms with Gasteiger partial charge in [-0.05, 0) is 29.8 Å². The molecule has 0 aliphatic carbocycles. The molecule has 0 radical (unpaired) electrons. The molecule has 9 heteroatoms. The molecule has 1 amide bonds. The van der Waals surface area contributed by atoms with E-state index in [4.69, 9.17) is 11.6 Å². The molecule has 0 saturated carbocycles. The number of carboxylic acids is 1. The number of carbonyl (C=O) groups excluding carboxylic acids is 1. The number of alkyl halides is 1. The van der Waals surface area contributed by atoms with Crippen LogP contribution in [0.4, 0.5) is 14.5 Å². The van der Waals surface area contributed by atoms with Gasteiger partial charge in [-0.15, -0.1) is 11.3 Å². The summed E-state index contributed by atoms with van der Waals surface area (Å²) in [5, 5.41) is 13.3. The van der Waals surface area contributed by atoms with Gasteiger partial charge in [0.15, 0.2) is 6.17 Å². The second kappa shape index (κ2) is 9.02. The molecule has 2 N–H and O–H groups in total. The van der Waals surface area contributed by atoms with Crippen molar-refractivity contribution in [3.8, 4) is 10.4 Å². The van der Waals surface area contributed by atoms with Crippen molar-refractivity contribution in [1.82, 2.24) is 0 Å². The van der Waals surface area contributed by atoms with Crippen molar-refractivity contribution in [3.05, 3.63) is 74.3 Å². The Morgan fingerprint density at radius 2 is 1.90 bits per heavy atom. The highest BCUT2D eigenvalue weighted by atomic mass is 79.9. The molecule has 1 heterocycles. The quantitative estimate of drug-likeness (QED) is 0.424. The van der Waals surface area contributed by atoms with Crippen LogP contribution in [0.1, 0.15) is 15.9 Å². The summed E-state index contributed by atoms with van der Waals surface area (Å²) in [6, 6.07) is 10.9. The van der Waals surface area contributed by atoms with Gasteiger partial charge in [0.25, 0.3) is 5.91 Å². The number of aromatic carboxylic acids is 1. The van der Waals surface area contributed by atoms with Gasteiger partial charge in [0.1, 0.15) is 11.4 Å². The normalized spacial score (nSPS) is 11.9. The van der Waals surface area contributed by atoms with Crippen molar-refractivity contribution in [2.45, 2.75) is 12.6 Å². The summed E-state index contributed by atoms with van der Waals surface area (Å²) in [7, 11) is 0. The van der Waals surface area contributed by atoms with E-state index in [0.29, 0.717) is 10.4 Å². The SMILES string of the molecule is O=C(O)c1c(NC(=O)C(F)Cc2c(F)cccc2Cl)csc1-c1ccc(Br)cc1. The lowest BCUT2D eigenvalue weighted by molar-refractivity contribution is -0.120. The number of carboxylic acid groups (broad SMARTS) is 1. The fourth-order valence-corrected chi connectivity index (χ4v) is 4.19. The molecule has 2 aromatic carbocycles. The zero-order chi connectivity index (χ0) is 21.1. The minimum Gasteiger partial charge on any atom is -0.478 e. The number of nitrogens with one attached hydrogen (secondary N) is 1. The first kappa shape index (κ1) is 21.4. The predicted octanol–water partition coefficient (Wildman–Crippen LogP) is 6.19. The summed E-state index contributed by atoms with van der Waals surface area (Å²) in [5.41, 5.74) is 0.372. The Morgan fingerprint density at radius 1 is 1.21 bits per heavy atom. The van der Waals surface area contributed by atoms with Crippen LogP contribution in [0.25, 0.3) is 10.4 Å². The topological polar surface area (TPSA) is 66.4 Å². The summed E-state index contributed by atoms with van der Waals surface area (Å²) >= 11 is 10.3. The largest absolute Gasteiger partial charge is 0.478 e. The van der Waals surface area contributed by atoms with Crippen molar-refractivity contribution in [3.63, 3.8) is 0 Å².